The van der Waals surface area contributed by atoms with Crippen molar-refractivity contribution in [2.45, 2.75) is 19.8 Å². The summed E-state index contributed by atoms with van der Waals surface area (Å²) in [5.74, 6) is 1.05. The molecule has 17 heavy (non-hydrogen) atoms. The lowest BCUT2D eigenvalue weighted by Gasteiger charge is -2.11. The Balaban J connectivity index is 2.55. The molecule has 0 amide bonds. The van der Waals surface area contributed by atoms with Crippen LogP contribution in [0.4, 0.5) is 0 Å². The molecular formula is C13H16N2O2. The number of rotatable bonds is 3. The number of aromatic nitrogens is 2. The second-order valence-corrected chi connectivity index (χ2v) is 4.24. The molecule has 4 nitrogen and oxygen atoms in total. The summed E-state index contributed by atoms with van der Waals surface area (Å²) in [6.45, 7) is 4.11. The Labute approximate surface area is 99.8 Å². The van der Waals surface area contributed by atoms with Gasteiger partial charge < -0.3 is 4.74 Å². The molecule has 4 heteroatoms. The van der Waals surface area contributed by atoms with Gasteiger partial charge in [0.25, 0.3) is 5.56 Å². The highest BCUT2D eigenvalue weighted by Gasteiger charge is 2.10. The Morgan fingerprint density at radius 1 is 1.29 bits per heavy atom. The average molecular weight is 232 g/mol. The Hall–Kier alpha value is -1.97. The van der Waals surface area contributed by atoms with Gasteiger partial charge in [-0.3, -0.25) is 14.6 Å². The van der Waals surface area contributed by atoms with Gasteiger partial charge in [0, 0.05) is 17.8 Å². The largest absolute Gasteiger partial charge is 0.497 e. The van der Waals surface area contributed by atoms with Crippen LogP contribution < -0.4 is 10.3 Å². The maximum atomic E-state index is 11.4. The number of nitrogens with one attached hydrogen (secondary N) is 1. The van der Waals surface area contributed by atoms with Crippen molar-refractivity contribution in [3.05, 3.63) is 46.4 Å². The van der Waals surface area contributed by atoms with E-state index in [4.69, 9.17) is 4.74 Å². The number of aromatic amines is 1. The first-order chi connectivity index (χ1) is 8.11. The smallest absolute Gasteiger partial charge is 0.264 e. The van der Waals surface area contributed by atoms with E-state index in [1.54, 1.807) is 17.9 Å². The molecule has 0 spiro atoms. The van der Waals surface area contributed by atoms with Crippen LogP contribution >= 0.6 is 0 Å². The molecule has 0 radical (unpaired) electrons. The lowest BCUT2D eigenvalue weighted by molar-refractivity contribution is 0.414. The van der Waals surface area contributed by atoms with Crippen molar-refractivity contribution in [2.24, 2.45) is 0 Å². The zero-order chi connectivity index (χ0) is 12.4. The number of nitrogens with zero attached hydrogens (tertiary/aromatic N) is 1. The monoisotopic (exact) mass is 232 g/mol. The fourth-order valence-corrected chi connectivity index (χ4v) is 1.79. The van der Waals surface area contributed by atoms with Crippen molar-refractivity contribution in [2.75, 3.05) is 7.11 Å². The van der Waals surface area contributed by atoms with Crippen molar-refractivity contribution in [3.63, 3.8) is 0 Å². The third-order valence-electron chi connectivity index (χ3n) is 2.66. The van der Waals surface area contributed by atoms with Crippen molar-refractivity contribution in [1.82, 2.24) is 9.78 Å². The van der Waals surface area contributed by atoms with Gasteiger partial charge in [0.2, 0.25) is 0 Å². The third kappa shape index (κ3) is 2.25. The number of hydrogen-bond acceptors (Lipinski definition) is 2. The Bertz CT molecular complexity index is 567. The second kappa shape index (κ2) is 4.49. The summed E-state index contributed by atoms with van der Waals surface area (Å²) in [6, 6.07) is 9.23. The van der Waals surface area contributed by atoms with E-state index in [0.29, 0.717) is 0 Å². The summed E-state index contributed by atoms with van der Waals surface area (Å²) in [6.07, 6.45) is 0. The number of benzene rings is 1. The third-order valence-corrected chi connectivity index (χ3v) is 2.66. The molecule has 1 aromatic heterocycles. The molecule has 1 N–H and O–H groups in total. The summed E-state index contributed by atoms with van der Waals surface area (Å²) >= 11 is 0. The minimum absolute atomic E-state index is 0.0866. The zero-order valence-electron chi connectivity index (χ0n) is 10.2. The summed E-state index contributed by atoms with van der Waals surface area (Å²) in [7, 11) is 1.63. The molecule has 0 atom stereocenters. The summed E-state index contributed by atoms with van der Waals surface area (Å²) in [5.41, 5.74) is 1.77. The second-order valence-electron chi connectivity index (χ2n) is 4.24. The van der Waals surface area contributed by atoms with E-state index in [1.165, 1.54) is 0 Å². The Kier molecular flexibility index (Phi) is 3.04. The minimum Gasteiger partial charge on any atom is -0.497 e. The highest BCUT2D eigenvalue weighted by molar-refractivity contribution is 5.40. The topological polar surface area (TPSA) is 47.0 Å². The minimum atomic E-state index is -0.0866. The molecule has 2 rings (SSSR count). The molecule has 2 aromatic rings. The summed E-state index contributed by atoms with van der Waals surface area (Å²) in [4.78, 5) is 11.4. The molecule has 0 aliphatic carbocycles. The van der Waals surface area contributed by atoms with Crippen LogP contribution in [0.5, 0.6) is 5.75 Å². The maximum Gasteiger partial charge on any atom is 0.264 e. The Morgan fingerprint density at radius 2 is 2.06 bits per heavy atom. The molecule has 0 aliphatic heterocycles. The van der Waals surface area contributed by atoms with E-state index in [0.717, 1.165) is 17.1 Å². The number of H-pyrrole nitrogens is 1. The van der Waals surface area contributed by atoms with E-state index in [2.05, 4.69) is 18.9 Å². The van der Waals surface area contributed by atoms with Gasteiger partial charge in [0.15, 0.2) is 0 Å². The predicted octanol–water partition coefficient (Wildman–Crippen LogP) is 2.30. The summed E-state index contributed by atoms with van der Waals surface area (Å²) < 4.78 is 6.98. The molecule has 0 saturated carbocycles. The summed E-state index contributed by atoms with van der Waals surface area (Å²) in [5, 5.41) is 2.80. The molecule has 0 fully saturated rings. The number of methoxy groups -OCH3 is 1. The van der Waals surface area contributed by atoms with E-state index in [9.17, 15) is 4.79 Å². The maximum absolute atomic E-state index is 11.4. The van der Waals surface area contributed by atoms with Gasteiger partial charge in [0.1, 0.15) is 5.75 Å². The molecule has 0 bridgehead atoms. The fraction of sp³-hybridized carbons (Fsp3) is 0.308. The highest BCUT2D eigenvalue weighted by atomic mass is 16.5. The van der Waals surface area contributed by atoms with Gasteiger partial charge in [-0.2, -0.15) is 0 Å². The van der Waals surface area contributed by atoms with Crippen LogP contribution in [0.15, 0.2) is 35.1 Å². The lowest BCUT2D eigenvalue weighted by atomic mass is 10.1. The van der Waals surface area contributed by atoms with Crippen molar-refractivity contribution in [3.8, 4) is 11.4 Å². The van der Waals surface area contributed by atoms with E-state index >= 15 is 0 Å². The van der Waals surface area contributed by atoms with Crippen LogP contribution in [-0.4, -0.2) is 16.9 Å². The van der Waals surface area contributed by atoms with Crippen LogP contribution in [0, 0.1) is 0 Å². The molecule has 90 valence electrons. The number of hydrogen-bond donors (Lipinski definition) is 1. The standard InChI is InChI=1S/C13H16N2O2/c1-9(2)12-8-13(16)14-15(12)10-5-4-6-11(7-10)17-3/h4-9H,1-3H3,(H,14,16). The van der Waals surface area contributed by atoms with E-state index < -0.39 is 0 Å². The van der Waals surface area contributed by atoms with Crippen LogP contribution in [0.3, 0.4) is 0 Å². The normalized spacial score (nSPS) is 10.8. The van der Waals surface area contributed by atoms with Crippen LogP contribution in [0.1, 0.15) is 25.5 Å². The molecule has 0 saturated heterocycles. The molecular weight excluding hydrogens is 216 g/mol. The lowest BCUT2D eigenvalue weighted by Crippen LogP contribution is -2.06. The molecule has 1 heterocycles. The number of ether oxygens (including phenoxy) is 1. The van der Waals surface area contributed by atoms with Gasteiger partial charge in [0.05, 0.1) is 12.8 Å². The van der Waals surface area contributed by atoms with Crippen LogP contribution in [0.2, 0.25) is 0 Å². The quantitative estimate of drug-likeness (QED) is 0.882. The molecule has 1 aromatic carbocycles. The molecule has 0 aliphatic rings. The van der Waals surface area contributed by atoms with Crippen molar-refractivity contribution >= 4 is 0 Å². The van der Waals surface area contributed by atoms with Crippen molar-refractivity contribution < 1.29 is 4.74 Å². The van der Waals surface area contributed by atoms with E-state index in [1.807, 2.05) is 24.3 Å². The average Bonchev–Trinajstić information content (AvgIpc) is 2.72. The van der Waals surface area contributed by atoms with Gasteiger partial charge in [-0.1, -0.05) is 19.9 Å². The van der Waals surface area contributed by atoms with Crippen LogP contribution in [0.25, 0.3) is 5.69 Å². The fourth-order valence-electron chi connectivity index (χ4n) is 1.79. The van der Waals surface area contributed by atoms with E-state index in [-0.39, 0.29) is 11.5 Å². The van der Waals surface area contributed by atoms with Gasteiger partial charge >= 0.3 is 0 Å². The predicted molar refractivity (Wildman–Crippen MR) is 67.0 cm³/mol. The molecule has 0 unspecified atom stereocenters. The van der Waals surface area contributed by atoms with Gasteiger partial charge in [-0.25, -0.2) is 0 Å². The first-order valence-corrected chi connectivity index (χ1v) is 5.58. The SMILES string of the molecule is COc1cccc(-n2[nH]c(=O)cc2C(C)C)c1. The van der Waals surface area contributed by atoms with Crippen molar-refractivity contribution in [1.29, 1.82) is 0 Å². The van der Waals surface area contributed by atoms with Crippen LogP contribution in [-0.2, 0) is 0 Å². The first kappa shape index (κ1) is 11.5. The van der Waals surface area contributed by atoms with Gasteiger partial charge in [-0.15, -0.1) is 0 Å². The first-order valence-electron chi connectivity index (χ1n) is 5.58. The van der Waals surface area contributed by atoms with Gasteiger partial charge in [-0.05, 0) is 18.1 Å². The highest BCUT2D eigenvalue weighted by Crippen LogP contribution is 2.20. The Morgan fingerprint density at radius 3 is 2.71 bits per heavy atom. The zero-order valence-corrected chi connectivity index (χ0v) is 10.2.